The Morgan fingerprint density at radius 2 is 2.00 bits per heavy atom. The molecule has 0 aromatic heterocycles. The lowest BCUT2D eigenvalue weighted by Crippen LogP contribution is -2.40. The number of terminal acetylenes is 1. The molecule has 0 amide bonds. The van der Waals surface area contributed by atoms with Gasteiger partial charge in [-0.2, -0.15) is 0 Å². The molecule has 0 bridgehead atoms. The summed E-state index contributed by atoms with van der Waals surface area (Å²) in [4.78, 5) is 2.16. The minimum atomic E-state index is -1.08. The zero-order chi connectivity index (χ0) is 9.90. The van der Waals surface area contributed by atoms with Gasteiger partial charge in [-0.05, 0) is 39.8 Å². The highest BCUT2D eigenvalue weighted by Gasteiger charge is 2.24. The van der Waals surface area contributed by atoms with Crippen LogP contribution in [0.3, 0.4) is 0 Å². The zero-order valence-electron chi connectivity index (χ0n) is 8.52. The van der Waals surface area contributed by atoms with Crippen molar-refractivity contribution in [3.63, 3.8) is 0 Å². The van der Waals surface area contributed by atoms with Crippen LogP contribution in [0.15, 0.2) is 0 Å². The molecular weight excluding hydrogens is 165 g/mol. The van der Waals surface area contributed by atoms with Crippen molar-refractivity contribution in [1.82, 2.24) is 4.90 Å². The highest BCUT2D eigenvalue weighted by molar-refractivity contribution is 4.95. The van der Waals surface area contributed by atoms with Crippen LogP contribution in [0.5, 0.6) is 0 Å². The Kier molecular flexibility index (Phi) is 3.33. The van der Waals surface area contributed by atoms with Crippen molar-refractivity contribution in [2.75, 3.05) is 19.6 Å². The summed E-state index contributed by atoms with van der Waals surface area (Å²) in [6, 6.07) is 0. The lowest BCUT2D eigenvalue weighted by Gasteiger charge is -2.32. The van der Waals surface area contributed by atoms with Crippen LogP contribution < -0.4 is 0 Å². The number of nitrogens with zero attached hydrogens (tertiary/aromatic N) is 1. The van der Waals surface area contributed by atoms with Crippen LogP contribution in [-0.2, 0) is 0 Å². The van der Waals surface area contributed by atoms with Gasteiger partial charge in [0.25, 0.3) is 0 Å². The molecule has 1 nitrogen and oxygen atoms in total. The molecule has 74 valence electrons. The minimum absolute atomic E-state index is 0.416. The number of rotatable bonds is 2. The molecule has 0 N–H and O–H groups in total. The van der Waals surface area contributed by atoms with E-state index in [1.807, 2.05) is 0 Å². The first-order chi connectivity index (χ1) is 6.01. The molecule has 0 saturated carbocycles. The quantitative estimate of drug-likeness (QED) is 0.592. The third kappa shape index (κ3) is 3.78. The summed E-state index contributed by atoms with van der Waals surface area (Å²) in [7, 11) is 0. The van der Waals surface area contributed by atoms with Crippen LogP contribution in [0, 0.1) is 18.3 Å². The van der Waals surface area contributed by atoms with Gasteiger partial charge in [0.2, 0.25) is 0 Å². The highest BCUT2D eigenvalue weighted by atomic mass is 19.1. The predicted octanol–water partition coefficient (Wildman–Crippen LogP) is 2.08. The fourth-order valence-electron chi connectivity index (χ4n) is 1.79. The fourth-order valence-corrected chi connectivity index (χ4v) is 1.79. The first-order valence-corrected chi connectivity index (χ1v) is 4.89. The average Bonchev–Trinajstić information content (AvgIpc) is 2.03. The summed E-state index contributed by atoms with van der Waals surface area (Å²) in [6.07, 6.45) is 7.37. The summed E-state index contributed by atoms with van der Waals surface area (Å²) in [5.41, 5.74) is -1.08. The van der Waals surface area contributed by atoms with Crippen LogP contribution in [-0.4, -0.2) is 30.2 Å². The molecule has 2 heteroatoms. The molecule has 1 heterocycles. The highest BCUT2D eigenvalue weighted by Crippen LogP contribution is 2.19. The molecule has 0 spiro atoms. The standard InChI is InChI=1S/C11H18FN/c1-4-10-5-7-13(8-6-10)9-11(2,3)12/h1,10H,5-9H2,2-3H3. The van der Waals surface area contributed by atoms with Gasteiger partial charge in [0.1, 0.15) is 5.67 Å². The third-order valence-electron chi connectivity index (χ3n) is 2.42. The van der Waals surface area contributed by atoms with E-state index in [2.05, 4.69) is 10.8 Å². The molecule has 1 fully saturated rings. The van der Waals surface area contributed by atoms with Gasteiger partial charge in [0.15, 0.2) is 0 Å². The van der Waals surface area contributed by atoms with E-state index in [-0.39, 0.29) is 0 Å². The maximum absolute atomic E-state index is 13.3. The number of alkyl halides is 1. The Balaban J connectivity index is 2.30. The van der Waals surface area contributed by atoms with E-state index in [1.165, 1.54) is 0 Å². The number of likely N-dealkylation sites (tertiary alicyclic amines) is 1. The smallest absolute Gasteiger partial charge is 0.118 e. The van der Waals surface area contributed by atoms with E-state index in [4.69, 9.17) is 6.42 Å². The monoisotopic (exact) mass is 183 g/mol. The molecule has 0 unspecified atom stereocenters. The van der Waals surface area contributed by atoms with Crippen LogP contribution >= 0.6 is 0 Å². The molecule has 0 radical (unpaired) electrons. The Morgan fingerprint density at radius 3 is 2.38 bits per heavy atom. The molecule has 1 aliphatic rings. The van der Waals surface area contributed by atoms with Gasteiger partial charge >= 0.3 is 0 Å². The van der Waals surface area contributed by atoms with E-state index in [9.17, 15) is 4.39 Å². The first kappa shape index (κ1) is 10.5. The summed E-state index contributed by atoms with van der Waals surface area (Å²) in [6.45, 7) is 5.68. The predicted molar refractivity (Wildman–Crippen MR) is 53.2 cm³/mol. The molecule has 0 aromatic rings. The van der Waals surface area contributed by atoms with Gasteiger partial charge < -0.3 is 4.90 Å². The molecule has 0 aliphatic carbocycles. The number of piperidine rings is 1. The van der Waals surface area contributed by atoms with Crippen molar-refractivity contribution in [2.24, 2.45) is 5.92 Å². The Labute approximate surface area is 80.3 Å². The van der Waals surface area contributed by atoms with E-state index < -0.39 is 5.67 Å². The fraction of sp³-hybridized carbons (Fsp3) is 0.818. The van der Waals surface area contributed by atoms with Crippen molar-refractivity contribution in [3.8, 4) is 12.3 Å². The molecule has 13 heavy (non-hydrogen) atoms. The number of hydrogen-bond acceptors (Lipinski definition) is 1. The van der Waals surface area contributed by atoms with Gasteiger partial charge in [0.05, 0.1) is 0 Å². The molecule has 0 aromatic carbocycles. The number of hydrogen-bond donors (Lipinski definition) is 0. The second-order valence-corrected chi connectivity index (χ2v) is 4.44. The second-order valence-electron chi connectivity index (χ2n) is 4.44. The maximum Gasteiger partial charge on any atom is 0.118 e. The molecule has 1 rings (SSSR count). The average molecular weight is 183 g/mol. The molecule has 1 aliphatic heterocycles. The first-order valence-electron chi connectivity index (χ1n) is 4.89. The Bertz CT molecular complexity index is 191. The Morgan fingerprint density at radius 1 is 1.46 bits per heavy atom. The van der Waals surface area contributed by atoms with Gasteiger partial charge in [-0.1, -0.05) is 0 Å². The van der Waals surface area contributed by atoms with Crippen molar-refractivity contribution in [1.29, 1.82) is 0 Å². The van der Waals surface area contributed by atoms with E-state index in [1.54, 1.807) is 13.8 Å². The molecule has 1 saturated heterocycles. The second kappa shape index (κ2) is 4.11. The summed E-state index contributed by atoms with van der Waals surface area (Å²) in [5.74, 6) is 3.18. The molecule has 0 atom stereocenters. The topological polar surface area (TPSA) is 3.24 Å². The lowest BCUT2D eigenvalue weighted by atomic mass is 9.97. The van der Waals surface area contributed by atoms with Gasteiger partial charge in [-0.25, -0.2) is 4.39 Å². The van der Waals surface area contributed by atoms with Crippen LogP contribution in [0.2, 0.25) is 0 Å². The van der Waals surface area contributed by atoms with Crippen LogP contribution in [0.1, 0.15) is 26.7 Å². The van der Waals surface area contributed by atoms with Crippen molar-refractivity contribution >= 4 is 0 Å². The lowest BCUT2D eigenvalue weighted by molar-refractivity contribution is 0.103. The van der Waals surface area contributed by atoms with E-state index >= 15 is 0 Å². The number of halogens is 1. The van der Waals surface area contributed by atoms with Crippen LogP contribution in [0.25, 0.3) is 0 Å². The maximum atomic E-state index is 13.3. The van der Waals surface area contributed by atoms with Crippen molar-refractivity contribution in [3.05, 3.63) is 0 Å². The van der Waals surface area contributed by atoms with Gasteiger partial charge in [-0.3, -0.25) is 0 Å². The zero-order valence-corrected chi connectivity index (χ0v) is 8.52. The largest absolute Gasteiger partial charge is 0.300 e. The Hall–Kier alpha value is -0.550. The van der Waals surface area contributed by atoms with E-state index in [0.29, 0.717) is 12.5 Å². The van der Waals surface area contributed by atoms with Crippen LogP contribution in [0.4, 0.5) is 4.39 Å². The SMILES string of the molecule is C#CC1CCN(CC(C)(C)F)CC1. The van der Waals surface area contributed by atoms with Crippen molar-refractivity contribution < 1.29 is 4.39 Å². The van der Waals surface area contributed by atoms with E-state index in [0.717, 1.165) is 25.9 Å². The van der Waals surface area contributed by atoms with Gasteiger partial charge in [-0.15, -0.1) is 12.3 Å². The molecular formula is C11H18FN. The summed E-state index contributed by atoms with van der Waals surface area (Å²) >= 11 is 0. The summed E-state index contributed by atoms with van der Waals surface area (Å²) < 4.78 is 13.3. The van der Waals surface area contributed by atoms with Gasteiger partial charge in [0, 0.05) is 12.5 Å². The van der Waals surface area contributed by atoms with Crippen molar-refractivity contribution in [2.45, 2.75) is 32.4 Å². The summed E-state index contributed by atoms with van der Waals surface area (Å²) in [5, 5.41) is 0. The third-order valence-corrected chi connectivity index (χ3v) is 2.42. The normalized spacial score (nSPS) is 21.4. The minimum Gasteiger partial charge on any atom is -0.300 e.